The third-order valence-electron chi connectivity index (χ3n) is 7.28. The fourth-order valence-corrected chi connectivity index (χ4v) is 5.11. The second-order valence-electron chi connectivity index (χ2n) is 10.1. The minimum atomic E-state index is -4.57. The van der Waals surface area contributed by atoms with E-state index >= 15 is 0 Å². The summed E-state index contributed by atoms with van der Waals surface area (Å²) in [7, 11) is 0. The molecule has 0 radical (unpaired) electrons. The number of carbonyl (C=O) groups excluding carboxylic acids is 2. The molecule has 4 N–H and O–H groups in total. The lowest BCUT2D eigenvalue weighted by Crippen LogP contribution is -2.40. The van der Waals surface area contributed by atoms with Crippen molar-refractivity contribution < 1.29 is 32.3 Å². The van der Waals surface area contributed by atoms with Crippen molar-refractivity contribution in [2.24, 2.45) is 5.73 Å². The van der Waals surface area contributed by atoms with E-state index in [9.17, 15) is 27.2 Å². The number of anilines is 1. The highest BCUT2D eigenvalue weighted by Gasteiger charge is 2.33. The van der Waals surface area contributed by atoms with Gasteiger partial charge in [-0.2, -0.15) is 13.2 Å². The summed E-state index contributed by atoms with van der Waals surface area (Å²) in [6.45, 7) is 2.14. The first-order valence-corrected chi connectivity index (χ1v) is 13.6. The highest BCUT2D eigenvalue weighted by Crippen LogP contribution is 2.35. The summed E-state index contributed by atoms with van der Waals surface area (Å²) < 4.78 is 47.5. The molecule has 2 aliphatic heterocycles. The lowest BCUT2D eigenvalue weighted by atomic mass is 9.92. The number of aromatic nitrogens is 1. The molecule has 3 aromatic rings. The van der Waals surface area contributed by atoms with Crippen molar-refractivity contribution in [2.45, 2.75) is 57.8 Å². The molecule has 2 aliphatic rings. The molecule has 3 heterocycles. The molecule has 1 aromatic heterocycles. The van der Waals surface area contributed by atoms with Gasteiger partial charge in [0.05, 0.1) is 11.7 Å². The zero-order chi connectivity index (χ0) is 30.4. The number of nitrogens with two attached hydrogens (primary N) is 1. The summed E-state index contributed by atoms with van der Waals surface area (Å²) in [5, 5.41) is 10.8. The molecule has 2 aromatic carbocycles. The Morgan fingerprint density at radius 1 is 1.10 bits per heavy atom. The smallest absolute Gasteiger partial charge is 0.448 e. The summed E-state index contributed by atoms with van der Waals surface area (Å²) in [6, 6.07) is 13.6. The molecule has 0 saturated carbocycles. The van der Waals surface area contributed by atoms with Crippen molar-refractivity contribution in [1.82, 2.24) is 9.88 Å². The zero-order valence-electron chi connectivity index (χ0n) is 23.0. The van der Waals surface area contributed by atoms with E-state index in [0.717, 1.165) is 42.1 Å². The SMILES string of the molecule is C/C=C(/O)C(F)(F)F.NCc1ccc2c(c1)CCN(C1CCCCC(=O)Nc3ccc(F)cc3-c3ccnc1c3)C2=O. The van der Waals surface area contributed by atoms with Gasteiger partial charge in [0.15, 0.2) is 5.76 Å². The number of aliphatic hydroxyl groups excluding tert-OH is 1. The van der Waals surface area contributed by atoms with Crippen molar-refractivity contribution in [3.63, 3.8) is 0 Å². The summed E-state index contributed by atoms with van der Waals surface area (Å²) in [4.78, 5) is 32.6. The Bertz CT molecular complexity index is 1490. The van der Waals surface area contributed by atoms with Crippen LogP contribution in [-0.4, -0.2) is 39.5 Å². The molecule has 2 bridgehead atoms. The number of fused-ring (bicyclic) bond motifs is 5. The number of carbonyl (C=O) groups is 2. The van der Waals surface area contributed by atoms with E-state index in [0.29, 0.717) is 55.2 Å². The second-order valence-corrected chi connectivity index (χ2v) is 10.1. The molecular formula is C31H32F4N4O3. The van der Waals surface area contributed by atoms with Gasteiger partial charge in [-0.3, -0.25) is 14.6 Å². The minimum absolute atomic E-state index is 0.0155. The number of halogens is 4. The topological polar surface area (TPSA) is 109 Å². The van der Waals surface area contributed by atoms with E-state index in [1.54, 1.807) is 18.3 Å². The largest absolute Gasteiger partial charge is 0.504 e. The van der Waals surface area contributed by atoms with Crippen molar-refractivity contribution in [3.05, 3.63) is 94.8 Å². The fraction of sp³-hybridized carbons (Fsp3) is 0.323. The fourth-order valence-electron chi connectivity index (χ4n) is 5.11. The van der Waals surface area contributed by atoms with Crippen LogP contribution in [0.5, 0.6) is 0 Å². The normalized spacial score (nSPS) is 17.5. The first-order valence-electron chi connectivity index (χ1n) is 13.6. The first-order chi connectivity index (χ1) is 20.0. The third kappa shape index (κ3) is 7.14. The Hall–Kier alpha value is -4.25. The van der Waals surface area contributed by atoms with Crippen LogP contribution in [0, 0.1) is 5.82 Å². The Kier molecular flexibility index (Phi) is 9.62. The molecule has 0 saturated heterocycles. The van der Waals surface area contributed by atoms with Crippen molar-refractivity contribution >= 4 is 17.5 Å². The standard InChI is InChI=1S/C27H27FN4O2.C4H5F3O/c28-20-6-8-23-22(15-20)18-9-11-30-24(14-18)25(3-1-2-4-26(33)31-23)32-12-10-19-13-17(16-29)5-7-21(19)27(32)34;1-2-3(8)4(5,6)7/h5-9,11,13-15,25H,1-4,10,12,16,29H2,(H,31,33);2,8H,1H3/b;3-2+. The van der Waals surface area contributed by atoms with Gasteiger partial charge in [-0.15, -0.1) is 0 Å². The van der Waals surface area contributed by atoms with E-state index in [1.807, 2.05) is 29.2 Å². The Balaban J connectivity index is 0.000000446. The Morgan fingerprint density at radius 2 is 1.88 bits per heavy atom. The number of alkyl halides is 3. The molecule has 222 valence electrons. The number of hydrogen-bond acceptors (Lipinski definition) is 5. The van der Waals surface area contributed by atoms with Gasteiger partial charge >= 0.3 is 6.18 Å². The Morgan fingerprint density at radius 3 is 2.57 bits per heavy atom. The highest BCUT2D eigenvalue weighted by molar-refractivity contribution is 5.97. The van der Waals surface area contributed by atoms with Crippen molar-refractivity contribution in [3.8, 4) is 11.1 Å². The van der Waals surface area contributed by atoms with Crippen LogP contribution in [0.1, 0.15) is 65.8 Å². The van der Waals surface area contributed by atoms with Gasteiger partial charge < -0.3 is 21.1 Å². The van der Waals surface area contributed by atoms with Gasteiger partial charge in [0, 0.05) is 42.5 Å². The molecule has 7 nitrogen and oxygen atoms in total. The number of nitrogens with one attached hydrogen (secondary N) is 1. The van der Waals surface area contributed by atoms with Crippen LogP contribution in [-0.2, 0) is 17.8 Å². The van der Waals surface area contributed by atoms with Gasteiger partial charge in [0.2, 0.25) is 5.91 Å². The van der Waals surface area contributed by atoms with E-state index in [2.05, 4.69) is 10.3 Å². The lowest BCUT2D eigenvalue weighted by molar-refractivity contribution is -0.120. The zero-order valence-corrected chi connectivity index (χ0v) is 23.0. The van der Waals surface area contributed by atoms with Crippen molar-refractivity contribution in [1.29, 1.82) is 0 Å². The number of amides is 2. The quantitative estimate of drug-likeness (QED) is 0.232. The van der Waals surface area contributed by atoms with E-state index in [4.69, 9.17) is 10.8 Å². The predicted octanol–water partition coefficient (Wildman–Crippen LogP) is 6.61. The predicted molar refractivity (Wildman–Crippen MR) is 151 cm³/mol. The van der Waals surface area contributed by atoms with Gasteiger partial charge in [-0.1, -0.05) is 18.6 Å². The van der Waals surface area contributed by atoms with Crippen molar-refractivity contribution in [2.75, 3.05) is 11.9 Å². The van der Waals surface area contributed by atoms with E-state index < -0.39 is 11.9 Å². The number of allylic oxidation sites excluding steroid dienone is 2. The molecule has 5 rings (SSSR count). The van der Waals surface area contributed by atoms with Crippen LogP contribution in [0.25, 0.3) is 11.1 Å². The molecule has 1 atom stereocenters. The van der Waals surface area contributed by atoms with Gasteiger partial charge in [-0.25, -0.2) is 4.39 Å². The number of aliphatic hydroxyl groups is 1. The highest BCUT2D eigenvalue weighted by atomic mass is 19.4. The van der Waals surface area contributed by atoms with Gasteiger partial charge in [-0.05, 0) is 85.4 Å². The molecule has 0 aliphatic carbocycles. The van der Waals surface area contributed by atoms with Gasteiger partial charge in [0.25, 0.3) is 5.91 Å². The number of hydrogen-bond donors (Lipinski definition) is 3. The average molecular weight is 585 g/mol. The maximum atomic E-state index is 14.1. The average Bonchev–Trinajstić information content (AvgIpc) is 2.97. The summed E-state index contributed by atoms with van der Waals surface area (Å²) >= 11 is 0. The lowest BCUT2D eigenvalue weighted by Gasteiger charge is -2.36. The van der Waals surface area contributed by atoms with E-state index in [1.165, 1.54) is 12.1 Å². The minimum Gasteiger partial charge on any atom is -0.504 e. The second kappa shape index (κ2) is 13.2. The molecule has 2 amide bonds. The monoisotopic (exact) mass is 584 g/mol. The van der Waals surface area contributed by atoms with Crippen LogP contribution in [0.15, 0.2) is 66.6 Å². The van der Waals surface area contributed by atoms with Crippen LogP contribution in [0.3, 0.4) is 0 Å². The molecule has 11 heteroatoms. The van der Waals surface area contributed by atoms with Crippen LogP contribution < -0.4 is 11.1 Å². The summed E-state index contributed by atoms with van der Waals surface area (Å²) in [5.74, 6) is -2.04. The summed E-state index contributed by atoms with van der Waals surface area (Å²) in [5.41, 5.74) is 11.2. The van der Waals surface area contributed by atoms with Gasteiger partial charge in [0.1, 0.15) is 5.82 Å². The maximum Gasteiger partial charge on any atom is 0.448 e. The number of nitrogens with zero attached hydrogens (tertiary/aromatic N) is 2. The first kappa shape index (κ1) is 30.7. The van der Waals surface area contributed by atoms with Crippen LogP contribution in [0.4, 0.5) is 23.2 Å². The Labute approximate surface area is 241 Å². The number of benzene rings is 2. The molecule has 0 spiro atoms. The molecule has 1 unspecified atom stereocenters. The number of pyridine rings is 1. The number of rotatable bonds is 2. The van der Waals surface area contributed by atoms with Crippen LogP contribution >= 0.6 is 0 Å². The van der Waals surface area contributed by atoms with Crippen LogP contribution in [0.2, 0.25) is 0 Å². The maximum absolute atomic E-state index is 14.1. The third-order valence-corrected chi connectivity index (χ3v) is 7.28. The van der Waals surface area contributed by atoms with E-state index in [-0.39, 0.29) is 23.7 Å². The molecular weight excluding hydrogens is 552 g/mol. The molecule has 0 fully saturated rings. The summed E-state index contributed by atoms with van der Waals surface area (Å²) in [6.07, 6.45) is 0.997. The molecule has 42 heavy (non-hydrogen) atoms.